The summed E-state index contributed by atoms with van der Waals surface area (Å²) in [7, 11) is 0. The second-order valence-electron chi connectivity index (χ2n) is 6.01. The van der Waals surface area contributed by atoms with Gasteiger partial charge in [-0.25, -0.2) is 0 Å². The Labute approximate surface area is 113 Å². The van der Waals surface area contributed by atoms with Gasteiger partial charge >= 0.3 is 5.97 Å². The van der Waals surface area contributed by atoms with E-state index in [1.165, 1.54) is 5.56 Å². The summed E-state index contributed by atoms with van der Waals surface area (Å²) in [6, 6.07) is 5.89. The van der Waals surface area contributed by atoms with Crippen molar-refractivity contribution in [3.63, 3.8) is 0 Å². The fraction of sp³-hybridized carbons (Fsp3) is 0.533. The Morgan fingerprint density at radius 1 is 1.53 bits per heavy atom. The molecule has 19 heavy (non-hydrogen) atoms. The van der Waals surface area contributed by atoms with Crippen LogP contribution < -0.4 is 10.5 Å². The van der Waals surface area contributed by atoms with Crippen molar-refractivity contribution in [3.05, 3.63) is 29.3 Å². The van der Waals surface area contributed by atoms with Crippen LogP contribution in [0.4, 0.5) is 0 Å². The van der Waals surface area contributed by atoms with Crippen molar-refractivity contribution < 1.29 is 14.6 Å². The molecule has 0 bridgehead atoms. The highest BCUT2D eigenvalue weighted by Crippen LogP contribution is 2.34. The molecule has 1 aliphatic heterocycles. The maximum Gasteiger partial charge on any atom is 0.303 e. The van der Waals surface area contributed by atoms with Gasteiger partial charge in [-0.2, -0.15) is 0 Å². The lowest BCUT2D eigenvalue weighted by molar-refractivity contribution is -0.139. The van der Waals surface area contributed by atoms with E-state index in [4.69, 9.17) is 15.6 Å². The van der Waals surface area contributed by atoms with Gasteiger partial charge in [0, 0.05) is 12.5 Å². The third-order valence-corrected chi connectivity index (χ3v) is 3.54. The molecule has 1 heterocycles. The van der Waals surface area contributed by atoms with Crippen LogP contribution in [0.3, 0.4) is 0 Å². The summed E-state index contributed by atoms with van der Waals surface area (Å²) in [6.45, 7) is 4.62. The van der Waals surface area contributed by atoms with E-state index < -0.39 is 5.97 Å². The maximum atomic E-state index is 10.8. The molecule has 3 N–H and O–H groups in total. The standard InChI is InChI=1S/C15H21NO3/c1-15(2,9-14(17)18)8-12(16)10-3-4-13-11(7-10)5-6-19-13/h3-4,7,12H,5-6,8-9,16H2,1-2H3,(H,17,18). The molecule has 4 heteroatoms. The molecule has 0 spiro atoms. The third kappa shape index (κ3) is 3.47. The Bertz CT molecular complexity index is 482. The fourth-order valence-electron chi connectivity index (χ4n) is 2.63. The molecule has 0 saturated carbocycles. The van der Waals surface area contributed by atoms with Crippen LogP contribution in [0.15, 0.2) is 18.2 Å². The summed E-state index contributed by atoms with van der Waals surface area (Å²) >= 11 is 0. The zero-order valence-electron chi connectivity index (χ0n) is 11.5. The van der Waals surface area contributed by atoms with Crippen LogP contribution in [0.2, 0.25) is 0 Å². The third-order valence-electron chi connectivity index (χ3n) is 3.54. The van der Waals surface area contributed by atoms with Gasteiger partial charge in [0.15, 0.2) is 0 Å². The molecule has 0 amide bonds. The summed E-state index contributed by atoms with van der Waals surface area (Å²) < 4.78 is 5.47. The van der Waals surface area contributed by atoms with Crippen molar-refractivity contribution in [3.8, 4) is 5.75 Å². The van der Waals surface area contributed by atoms with Crippen LogP contribution in [0.5, 0.6) is 5.75 Å². The van der Waals surface area contributed by atoms with E-state index in [-0.39, 0.29) is 17.9 Å². The predicted molar refractivity (Wildman–Crippen MR) is 73.2 cm³/mol. The number of carbonyl (C=O) groups is 1. The number of aliphatic carboxylic acids is 1. The number of carboxylic acids is 1. The Morgan fingerprint density at radius 2 is 2.26 bits per heavy atom. The highest BCUT2D eigenvalue weighted by atomic mass is 16.5. The molecule has 1 aliphatic rings. The van der Waals surface area contributed by atoms with Gasteiger partial charge in [0.1, 0.15) is 5.75 Å². The number of hydrogen-bond donors (Lipinski definition) is 2. The van der Waals surface area contributed by atoms with Crippen LogP contribution in [-0.4, -0.2) is 17.7 Å². The normalized spacial score (nSPS) is 15.7. The summed E-state index contributed by atoms with van der Waals surface area (Å²) in [5, 5.41) is 8.90. The zero-order valence-corrected chi connectivity index (χ0v) is 11.5. The van der Waals surface area contributed by atoms with Gasteiger partial charge < -0.3 is 15.6 Å². The van der Waals surface area contributed by atoms with Crippen LogP contribution in [0.1, 0.15) is 43.9 Å². The van der Waals surface area contributed by atoms with Gasteiger partial charge in [-0.1, -0.05) is 26.0 Å². The van der Waals surface area contributed by atoms with E-state index in [1.54, 1.807) is 0 Å². The first kappa shape index (κ1) is 13.9. The van der Waals surface area contributed by atoms with Gasteiger partial charge in [-0.05, 0) is 29.0 Å². The number of ether oxygens (including phenoxy) is 1. The van der Waals surface area contributed by atoms with Gasteiger partial charge in [0.05, 0.1) is 13.0 Å². The van der Waals surface area contributed by atoms with E-state index >= 15 is 0 Å². The second kappa shape index (κ2) is 5.21. The highest BCUT2D eigenvalue weighted by molar-refractivity contribution is 5.67. The summed E-state index contributed by atoms with van der Waals surface area (Å²) in [4.78, 5) is 10.8. The van der Waals surface area contributed by atoms with Crippen LogP contribution in [-0.2, 0) is 11.2 Å². The molecule has 2 rings (SSSR count). The van der Waals surface area contributed by atoms with Crippen molar-refractivity contribution in [1.82, 2.24) is 0 Å². The van der Waals surface area contributed by atoms with Crippen LogP contribution >= 0.6 is 0 Å². The fourth-order valence-corrected chi connectivity index (χ4v) is 2.63. The smallest absolute Gasteiger partial charge is 0.303 e. The molecule has 4 nitrogen and oxygen atoms in total. The quantitative estimate of drug-likeness (QED) is 0.856. The molecule has 104 valence electrons. The number of fused-ring (bicyclic) bond motifs is 1. The van der Waals surface area contributed by atoms with E-state index in [1.807, 2.05) is 26.0 Å². The van der Waals surface area contributed by atoms with Gasteiger partial charge in [0.2, 0.25) is 0 Å². The Kier molecular flexibility index (Phi) is 3.80. The van der Waals surface area contributed by atoms with Crippen LogP contribution in [0.25, 0.3) is 0 Å². The Hall–Kier alpha value is -1.55. The maximum absolute atomic E-state index is 10.8. The average molecular weight is 263 g/mol. The van der Waals surface area contributed by atoms with Crippen molar-refractivity contribution >= 4 is 5.97 Å². The van der Waals surface area contributed by atoms with Gasteiger partial charge in [-0.15, -0.1) is 0 Å². The van der Waals surface area contributed by atoms with Gasteiger partial charge in [0.25, 0.3) is 0 Å². The number of benzene rings is 1. The lowest BCUT2D eigenvalue weighted by Gasteiger charge is -2.26. The predicted octanol–water partition coefficient (Wildman–Crippen LogP) is 2.51. The number of carboxylic acid groups (broad SMARTS) is 1. The molecule has 0 saturated heterocycles. The summed E-state index contributed by atoms with van der Waals surface area (Å²) in [5.74, 6) is 0.167. The highest BCUT2D eigenvalue weighted by Gasteiger charge is 2.26. The molecule has 0 aromatic heterocycles. The van der Waals surface area contributed by atoms with E-state index in [0.29, 0.717) is 6.42 Å². The first-order valence-corrected chi connectivity index (χ1v) is 6.60. The summed E-state index contributed by atoms with van der Waals surface area (Å²) in [6.07, 6.45) is 1.71. The van der Waals surface area contributed by atoms with Crippen molar-refractivity contribution in [2.24, 2.45) is 11.1 Å². The summed E-state index contributed by atoms with van der Waals surface area (Å²) in [5.41, 5.74) is 8.17. The minimum absolute atomic E-state index is 0.134. The number of rotatable bonds is 5. The molecular weight excluding hydrogens is 242 g/mol. The molecule has 1 aromatic rings. The molecule has 0 aliphatic carbocycles. The molecule has 0 radical (unpaired) electrons. The minimum atomic E-state index is -0.778. The lowest BCUT2D eigenvalue weighted by Crippen LogP contribution is -2.24. The van der Waals surface area contributed by atoms with Crippen molar-refractivity contribution in [2.45, 2.75) is 39.2 Å². The van der Waals surface area contributed by atoms with E-state index in [0.717, 1.165) is 24.3 Å². The molecule has 0 fully saturated rings. The first-order chi connectivity index (χ1) is 8.87. The topological polar surface area (TPSA) is 72.5 Å². The lowest BCUT2D eigenvalue weighted by atomic mass is 9.81. The largest absolute Gasteiger partial charge is 0.493 e. The van der Waals surface area contributed by atoms with E-state index in [9.17, 15) is 4.79 Å². The van der Waals surface area contributed by atoms with Crippen molar-refractivity contribution in [1.29, 1.82) is 0 Å². The van der Waals surface area contributed by atoms with E-state index in [2.05, 4.69) is 6.07 Å². The molecule has 1 aromatic carbocycles. The molecular formula is C15H21NO3. The average Bonchev–Trinajstić information content (AvgIpc) is 2.72. The zero-order chi connectivity index (χ0) is 14.0. The second-order valence-corrected chi connectivity index (χ2v) is 6.01. The van der Waals surface area contributed by atoms with Crippen LogP contribution in [0, 0.1) is 5.41 Å². The first-order valence-electron chi connectivity index (χ1n) is 6.60. The SMILES string of the molecule is CC(C)(CC(=O)O)CC(N)c1ccc2c(c1)CCO2. The minimum Gasteiger partial charge on any atom is -0.493 e. The van der Waals surface area contributed by atoms with Gasteiger partial charge in [-0.3, -0.25) is 4.79 Å². The number of hydrogen-bond acceptors (Lipinski definition) is 3. The monoisotopic (exact) mass is 263 g/mol. The molecule has 1 atom stereocenters. The van der Waals surface area contributed by atoms with Crippen molar-refractivity contribution in [2.75, 3.05) is 6.61 Å². The molecule has 1 unspecified atom stereocenters. The Morgan fingerprint density at radius 3 is 2.95 bits per heavy atom. The Balaban J connectivity index is 2.07. The number of nitrogens with two attached hydrogens (primary N) is 1.